The molecular formula is C48H32N2. The van der Waals surface area contributed by atoms with Crippen molar-refractivity contribution in [1.82, 2.24) is 9.13 Å². The maximum atomic E-state index is 2.60. The van der Waals surface area contributed by atoms with Crippen LogP contribution in [0.1, 0.15) is 25.7 Å². The first-order valence-electron chi connectivity index (χ1n) is 18.0. The minimum atomic E-state index is 1.07. The molecule has 0 bridgehead atoms. The van der Waals surface area contributed by atoms with Crippen molar-refractivity contribution in [3.63, 3.8) is 0 Å². The van der Waals surface area contributed by atoms with Crippen LogP contribution in [0.3, 0.4) is 0 Å². The molecule has 4 aliphatic rings. The predicted molar refractivity (Wildman–Crippen MR) is 213 cm³/mol. The Kier molecular flexibility index (Phi) is 5.22. The minimum absolute atomic E-state index is 1.07. The van der Waals surface area contributed by atoms with Gasteiger partial charge in [-0.05, 0) is 105 Å². The van der Waals surface area contributed by atoms with Crippen LogP contribution >= 0.6 is 0 Å². The normalized spacial score (nSPS) is 14.3. The molecule has 8 aromatic rings. The zero-order valence-electron chi connectivity index (χ0n) is 27.6. The smallest absolute Gasteiger partial charge is 0.0554 e. The van der Waals surface area contributed by atoms with Crippen molar-refractivity contribution >= 4 is 89.5 Å². The molecule has 0 fully saturated rings. The van der Waals surface area contributed by atoms with Gasteiger partial charge in [0.05, 0.1) is 33.4 Å². The van der Waals surface area contributed by atoms with Crippen LogP contribution in [0, 0.1) is 0 Å². The van der Waals surface area contributed by atoms with E-state index in [1.807, 2.05) is 0 Å². The Morgan fingerprint density at radius 1 is 0.360 bits per heavy atom. The quantitative estimate of drug-likeness (QED) is 0.132. The molecule has 0 atom stereocenters. The Morgan fingerprint density at radius 3 is 1.82 bits per heavy atom. The van der Waals surface area contributed by atoms with Crippen molar-refractivity contribution < 1.29 is 0 Å². The minimum Gasteiger partial charge on any atom is -0.309 e. The molecule has 2 heterocycles. The van der Waals surface area contributed by atoms with Crippen LogP contribution in [0.2, 0.25) is 0 Å². The Labute approximate surface area is 288 Å². The van der Waals surface area contributed by atoms with Gasteiger partial charge in [-0.2, -0.15) is 0 Å². The Bertz CT molecular complexity index is 3310. The van der Waals surface area contributed by atoms with Gasteiger partial charge < -0.3 is 9.13 Å². The highest BCUT2D eigenvalue weighted by molar-refractivity contribution is 6.30. The van der Waals surface area contributed by atoms with Gasteiger partial charge in [-0.1, -0.05) is 109 Å². The van der Waals surface area contributed by atoms with Crippen LogP contribution in [-0.2, 0) is 0 Å². The van der Waals surface area contributed by atoms with Crippen LogP contribution in [0.25, 0.3) is 112 Å². The monoisotopic (exact) mass is 636 g/mol. The molecule has 12 rings (SSSR count). The topological polar surface area (TPSA) is 9.86 Å². The lowest BCUT2D eigenvalue weighted by Crippen LogP contribution is -2.31. The maximum Gasteiger partial charge on any atom is 0.0554 e. The molecule has 0 unspecified atom stereocenters. The van der Waals surface area contributed by atoms with E-state index in [-0.39, 0.29) is 0 Å². The third-order valence-corrected chi connectivity index (χ3v) is 11.7. The molecule has 0 aromatic heterocycles. The lowest BCUT2D eigenvalue weighted by Gasteiger charge is -2.30. The Balaban J connectivity index is 1.42. The summed E-state index contributed by atoms with van der Waals surface area (Å²) in [4.78, 5) is 0. The van der Waals surface area contributed by atoms with Crippen LogP contribution in [0.4, 0.5) is 0 Å². The average molecular weight is 637 g/mol. The highest BCUT2D eigenvalue weighted by Gasteiger charge is 2.29. The van der Waals surface area contributed by atoms with Gasteiger partial charge in [0, 0.05) is 32.5 Å². The van der Waals surface area contributed by atoms with Gasteiger partial charge in [0.25, 0.3) is 0 Å². The van der Waals surface area contributed by atoms with Crippen molar-refractivity contribution in [2.24, 2.45) is 0 Å². The van der Waals surface area contributed by atoms with E-state index in [1.54, 1.807) is 0 Å². The molecule has 8 aromatic carbocycles. The molecule has 0 saturated heterocycles. The van der Waals surface area contributed by atoms with Crippen LogP contribution in [0.5, 0.6) is 0 Å². The van der Waals surface area contributed by atoms with E-state index in [1.165, 1.54) is 109 Å². The summed E-state index contributed by atoms with van der Waals surface area (Å²) in [5, 5.41) is 15.8. The third kappa shape index (κ3) is 3.38. The third-order valence-electron chi connectivity index (χ3n) is 11.7. The standard InChI is InChI=1S/C48H32N2/c1-7-19-35-29(11-1)15-9-21-39(35)49-41-25-23-38-34-18-6-4-14-32(34)28-44-46(38)47(41)48-42(50(44)40-22-10-16-30-12-2-8-20-36(30)40)26-24-37-33-17-5-3-13-31(33)27-43(49)45(37)48/h1,4,6-7,9-28H,2-3,5,8H2. The SMILES string of the molecule is C1=c2cccc(-n3c4ccc5c6c(cc7c5c4-c4c5c(ccc4n7-c4cccc7ccccc47)c4ccccc4cc53)=CCCC=6)c2=CCC1. The molecule has 0 spiro atoms. The van der Waals surface area contributed by atoms with Gasteiger partial charge in [-0.15, -0.1) is 0 Å². The van der Waals surface area contributed by atoms with Gasteiger partial charge in [0.15, 0.2) is 0 Å². The molecule has 0 N–H and O–H groups in total. The van der Waals surface area contributed by atoms with Crippen molar-refractivity contribution in [2.75, 3.05) is 0 Å². The van der Waals surface area contributed by atoms with Crippen molar-refractivity contribution in [3.05, 3.63) is 142 Å². The number of aromatic nitrogens is 2. The average Bonchev–Trinajstić information content (AvgIpc) is 3.18. The molecule has 50 heavy (non-hydrogen) atoms. The Hall–Kier alpha value is -6.12. The lowest BCUT2D eigenvalue weighted by molar-refractivity contribution is 1.08. The van der Waals surface area contributed by atoms with Crippen molar-refractivity contribution in [3.8, 4) is 22.5 Å². The fourth-order valence-corrected chi connectivity index (χ4v) is 9.61. The largest absolute Gasteiger partial charge is 0.309 e. The summed E-state index contributed by atoms with van der Waals surface area (Å²) in [6, 6.07) is 46.0. The molecule has 2 nitrogen and oxygen atoms in total. The maximum absolute atomic E-state index is 2.60. The van der Waals surface area contributed by atoms with Crippen LogP contribution in [0.15, 0.2) is 121 Å². The second kappa shape index (κ2) is 9.74. The first-order chi connectivity index (χ1) is 24.8. The van der Waals surface area contributed by atoms with Crippen LogP contribution < -0.4 is 20.9 Å². The fraction of sp³-hybridized carbons (Fsp3) is 0.0833. The van der Waals surface area contributed by atoms with Crippen molar-refractivity contribution in [1.29, 1.82) is 0 Å². The molecular weight excluding hydrogens is 605 g/mol. The number of rotatable bonds is 2. The molecule has 2 aliphatic heterocycles. The number of nitrogens with zero attached hydrogens (tertiary/aromatic N) is 2. The summed E-state index contributed by atoms with van der Waals surface area (Å²) in [6.07, 6.45) is 14.1. The van der Waals surface area contributed by atoms with Gasteiger partial charge in [-0.3, -0.25) is 0 Å². The fourth-order valence-electron chi connectivity index (χ4n) is 9.61. The summed E-state index contributed by atoms with van der Waals surface area (Å²) in [5.74, 6) is 0. The molecule has 0 amide bonds. The number of pyridine rings is 2. The second-order valence-electron chi connectivity index (χ2n) is 14.2. The molecule has 0 saturated carbocycles. The van der Waals surface area contributed by atoms with Crippen LogP contribution in [-0.4, -0.2) is 9.13 Å². The second-order valence-corrected chi connectivity index (χ2v) is 14.2. The van der Waals surface area contributed by atoms with E-state index in [2.05, 4.69) is 155 Å². The number of hydrogen-bond acceptors (Lipinski definition) is 0. The Morgan fingerprint density at radius 2 is 0.960 bits per heavy atom. The first-order valence-corrected chi connectivity index (χ1v) is 18.0. The highest BCUT2D eigenvalue weighted by Crippen LogP contribution is 2.50. The van der Waals surface area contributed by atoms with Gasteiger partial charge in [0.1, 0.15) is 0 Å². The molecule has 0 radical (unpaired) electrons. The van der Waals surface area contributed by atoms with E-state index < -0.39 is 0 Å². The lowest BCUT2D eigenvalue weighted by atomic mass is 9.84. The number of benzene rings is 8. The number of fused-ring (bicyclic) bond motifs is 6. The zero-order chi connectivity index (χ0) is 32.5. The summed E-state index contributed by atoms with van der Waals surface area (Å²) >= 11 is 0. The van der Waals surface area contributed by atoms with Gasteiger partial charge >= 0.3 is 0 Å². The number of hydrogen-bond donors (Lipinski definition) is 0. The van der Waals surface area contributed by atoms with E-state index in [0.29, 0.717) is 0 Å². The summed E-state index contributed by atoms with van der Waals surface area (Å²) in [6.45, 7) is 0. The van der Waals surface area contributed by atoms with Gasteiger partial charge in [-0.25, -0.2) is 0 Å². The highest BCUT2D eigenvalue weighted by atomic mass is 15.0. The van der Waals surface area contributed by atoms with E-state index in [0.717, 1.165) is 25.7 Å². The van der Waals surface area contributed by atoms with E-state index >= 15 is 0 Å². The molecule has 2 heteroatoms. The summed E-state index contributed by atoms with van der Waals surface area (Å²) in [5.41, 5.74) is 10.2. The first kappa shape index (κ1) is 26.8. The summed E-state index contributed by atoms with van der Waals surface area (Å²) in [7, 11) is 0. The molecule has 2 aliphatic carbocycles. The van der Waals surface area contributed by atoms with Crippen molar-refractivity contribution in [2.45, 2.75) is 25.7 Å². The van der Waals surface area contributed by atoms with E-state index in [9.17, 15) is 0 Å². The predicted octanol–water partition coefficient (Wildman–Crippen LogP) is 9.44. The molecule has 234 valence electrons. The van der Waals surface area contributed by atoms with E-state index in [4.69, 9.17) is 0 Å². The zero-order valence-corrected chi connectivity index (χ0v) is 27.6. The van der Waals surface area contributed by atoms with Gasteiger partial charge in [0.2, 0.25) is 0 Å². The summed E-state index contributed by atoms with van der Waals surface area (Å²) < 4.78 is 5.18.